The van der Waals surface area contributed by atoms with Gasteiger partial charge in [0.15, 0.2) is 11.6 Å². The van der Waals surface area contributed by atoms with E-state index in [1.165, 1.54) is 11.8 Å². The number of anilines is 3. The zero-order chi connectivity index (χ0) is 25.3. The maximum Gasteiger partial charge on any atom is 0.417 e. The minimum absolute atomic E-state index is 0.333. The Labute approximate surface area is 206 Å². The van der Waals surface area contributed by atoms with Gasteiger partial charge in [0.25, 0.3) is 5.91 Å². The number of hydrogen-bond donors (Lipinski definition) is 3. The Balaban J connectivity index is 1.33. The molecule has 36 heavy (non-hydrogen) atoms. The predicted octanol–water partition coefficient (Wildman–Crippen LogP) is 5.32. The number of amides is 1. The highest BCUT2D eigenvalue weighted by molar-refractivity contribution is 7.99. The van der Waals surface area contributed by atoms with Gasteiger partial charge in [0.05, 0.1) is 11.1 Å². The number of nitrogens with one attached hydrogen (secondary N) is 3. The van der Waals surface area contributed by atoms with Crippen LogP contribution in [0.25, 0.3) is 5.52 Å². The van der Waals surface area contributed by atoms with Crippen LogP contribution in [0.2, 0.25) is 0 Å². The zero-order valence-electron chi connectivity index (χ0n) is 18.5. The normalized spacial score (nSPS) is 11.6. The molecule has 5 rings (SSSR count). The number of fused-ring (bicyclic) bond motifs is 1. The van der Waals surface area contributed by atoms with E-state index in [2.05, 4.69) is 35.9 Å². The molecule has 4 heterocycles. The number of hydrogen-bond acceptors (Lipinski definition) is 7. The number of H-pyrrole nitrogens is 1. The van der Waals surface area contributed by atoms with Gasteiger partial charge < -0.3 is 10.6 Å². The lowest BCUT2D eigenvalue weighted by Gasteiger charge is -2.12. The van der Waals surface area contributed by atoms with Crippen molar-refractivity contribution in [2.75, 3.05) is 10.6 Å². The first-order chi connectivity index (χ1) is 17.3. The van der Waals surface area contributed by atoms with E-state index in [9.17, 15) is 18.0 Å². The molecule has 182 valence electrons. The zero-order valence-corrected chi connectivity index (χ0v) is 19.4. The van der Waals surface area contributed by atoms with Crippen LogP contribution in [0.3, 0.4) is 0 Å². The van der Waals surface area contributed by atoms with E-state index in [0.29, 0.717) is 22.5 Å². The molecule has 0 spiro atoms. The molecule has 0 saturated heterocycles. The fourth-order valence-corrected chi connectivity index (χ4v) is 4.13. The highest BCUT2D eigenvalue weighted by atomic mass is 32.2. The molecule has 0 fully saturated rings. The molecule has 0 atom stereocenters. The van der Waals surface area contributed by atoms with Crippen LogP contribution in [0, 0.1) is 6.92 Å². The quantitative estimate of drug-likeness (QED) is 0.283. The largest absolute Gasteiger partial charge is 0.417 e. The molecule has 0 bridgehead atoms. The third-order valence-electron chi connectivity index (χ3n) is 5.02. The molecule has 0 aliphatic carbocycles. The lowest BCUT2D eigenvalue weighted by Crippen LogP contribution is -2.19. The Morgan fingerprint density at radius 3 is 2.67 bits per heavy atom. The number of rotatable bonds is 6. The van der Waals surface area contributed by atoms with Crippen LogP contribution in [-0.4, -0.2) is 35.7 Å². The predicted molar refractivity (Wildman–Crippen MR) is 127 cm³/mol. The molecule has 1 amide bonds. The van der Waals surface area contributed by atoms with Gasteiger partial charge in [0, 0.05) is 40.9 Å². The summed E-state index contributed by atoms with van der Waals surface area (Å²) in [6.45, 7) is 1.89. The average molecular weight is 511 g/mol. The van der Waals surface area contributed by atoms with Gasteiger partial charge >= 0.3 is 6.18 Å². The van der Waals surface area contributed by atoms with Gasteiger partial charge in [-0.15, -0.1) is 5.10 Å². The molecule has 3 N–H and O–H groups in total. The molecular weight excluding hydrogens is 493 g/mol. The van der Waals surface area contributed by atoms with Gasteiger partial charge in [-0.2, -0.15) is 18.3 Å². The molecule has 0 radical (unpaired) electrons. The SMILES string of the molecule is Cc1cc(Nc2nc(Sc3ccc(NC(=O)c4cnccc4C(F)(F)F)cc3)nn3cccc23)n[nH]1. The van der Waals surface area contributed by atoms with E-state index in [1.54, 1.807) is 35.0 Å². The molecule has 4 aromatic heterocycles. The van der Waals surface area contributed by atoms with Crippen molar-refractivity contribution in [3.63, 3.8) is 0 Å². The highest BCUT2D eigenvalue weighted by Crippen LogP contribution is 2.32. The van der Waals surface area contributed by atoms with Gasteiger partial charge in [-0.3, -0.25) is 14.9 Å². The second-order valence-corrected chi connectivity index (χ2v) is 8.68. The standard InChI is InChI=1S/C23H17F3N8OS/c1-13-11-19(32-31-13)29-20-18-3-2-10-34(18)33-22(30-20)36-15-6-4-14(5-7-15)28-21(35)16-12-27-9-8-17(16)23(24,25)26/h2-12H,1H3,(H,28,35)(H2,29,30,31,32,33). The molecule has 0 saturated carbocycles. The maximum atomic E-state index is 13.2. The van der Waals surface area contributed by atoms with E-state index in [0.717, 1.165) is 34.6 Å². The van der Waals surface area contributed by atoms with Crippen molar-refractivity contribution >= 4 is 40.5 Å². The maximum absolute atomic E-state index is 13.2. The first kappa shape index (κ1) is 23.4. The fourth-order valence-electron chi connectivity index (χ4n) is 3.39. The summed E-state index contributed by atoms with van der Waals surface area (Å²) in [7, 11) is 0. The van der Waals surface area contributed by atoms with Gasteiger partial charge in [0.2, 0.25) is 5.16 Å². The van der Waals surface area contributed by atoms with Crippen molar-refractivity contribution in [1.29, 1.82) is 0 Å². The fraction of sp³-hybridized carbons (Fsp3) is 0.0870. The highest BCUT2D eigenvalue weighted by Gasteiger charge is 2.35. The lowest BCUT2D eigenvalue weighted by molar-refractivity contribution is -0.138. The third kappa shape index (κ3) is 5.00. The Morgan fingerprint density at radius 2 is 1.94 bits per heavy atom. The van der Waals surface area contributed by atoms with E-state index < -0.39 is 23.2 Å². The average Bonchev–Trinajstić information content (AvgIpc) is 3.48. The van der Waals surface area contributed by atoms with Crippen molar-refractivity contribution in [1.82, 2.24) is 29.8 Å². The first-order valence-electron chi connectivity index (χ1n) is 10.5. The van der Waals surface area contributed by atoms with Gasteiger partial charge in [-0.1, -0.05) is 0 Å². The third-order valence-corrected chi connectivity index (χ3v) is 5.88. The molecule has 0 aliphatic rings. The monoisotopic (exact) mass is 510 g/mol. The van der Waals surface area contributed by atoms with Crippen molar-refractivity contribution in [3.8, 4) is 0 Å². The summed E-state index contributed by atoms with van der Waals surface area (Å²) in [6, 6.07) is 12.9. The van der Waals surface area contributed by atoms with Crippen molar-refractivity contribution in [2.24, 2.45) is 0 Å². The molecule has 13 heteroatoms. The summed E-state index contributed by atoms with van der Waals surface area (Å²) in [5, 5.41) is 17.7. The molecule has 9 nitrogen and oxygen atoms in total. The van der Waals surface area contributed by atoms with E-state index >= 15 is 0 Å². The van der Waals surface area contributed by atoms with Gasteiger partial charge in [-0.25, -0.2) is 9.50 Å². The number of nitrogens with zero attached hydrogens (tertiary/aromatic N) is 5. The van der Waals surface area contributed by atoms with Crippen LogP contribution in [0.4, 0.5) is 30.5 Å². The van der Waals surface area contributed by atoms with Crippen LogP contribution in [0.5, 0.6) is 0 Å². The van der Waals surface area contributed by atoms with Crippen LogP contribution in [0.15, 0.2) is 77.2 Å². The smallest absolute Gasteiger partial charge is 0.322 e. The summed E-state index contributed by atoms with van der Waals surface area (Å²) in [5.41, 5.74) is 0.405. The summed E-state index contributed by atoms with van der Waals surface area (Å²) >= 11 is 1.28. The minimum atomic E-state index is -4.67. The number of carbonyl (C=O) groups is 1. The lowest BCUT2D eigenvalue weighted by atomic mass is 10.1. The number of halogens is 3. The van der Waals surface area contributed by atoms with E-state index in [-0.39, 0.29) is 0 Å². The number of alkyl halides is 3. The summed E-state index contributed by atoms with van der Waals surface area (Å²) < 4.78 is 41.3. The van der Waals surface area contributed by atoms with Crippen LogP contribution < -0.4 is 10.6 Å². The molecule has 5 aromatic rings. The number of carbonyl (C=O) groups excluding carboxylic acids is 1. The van der Waals surface area contributed by atoms with Crippen LogP contribution >= 0.6 is 11.8 Å². The van der Waals surface area contributed by atoms with Crippen molar-refractivity contribution < 1.29 is 18.0 Å². The van der Waals surface area contributed by atoms with Crippen LogP contribution in [0.1, 0.15) is 21.6 Å². The van der Waals surface area contributed by atoms with Gasteiger partial charge in [0.1, 0.15) is 5.52 Å². The first-order valence-corrected chi connectivity index (χ1v) is 11.3. The number of aromatic nitrogens is 6. The Kier molecular flexibility index (Phi) is 6.06. The summed E-state index contributed by atoms with van der Waals surface area (Å²) in [4.78, 5) is 21.5. The Hall–Kier alpha value is -4.39. The number of aromatic amines is 1. The van der Waals surface area contributed by atoms with Crippen molar-refractivity contribution in [2.45, 2.75) is 23.2 Å². The molecule has 0 unspecified atom stereocenters. The minimum Gasteiger partial charge on any atom is -0.322 e. The molecular formula is C23H17F3N8OS. The number of aryl methyl sites for hydroxylation is 1. The molecule has 1 aromatic carbocycles. The van der Waals surface area contributed by atoms with Gasteiger partial charge in [-0.05, 0) is 61.2 Å². The Morgan fingerprint density at radius 1 is 1.14 bits per heavy atom. The second-order valence-electron chi connectivity index (χ2n) is 7.64. The second kappa shape index (κ2) is 9.34. The van der Waals surface area contributed by atoms with Crippen LogP contribution in [-0.2, 0) is 6.18 Å². The topological polar surface area (TPSA) is 113 Å². The number of benzene rings is 1. The summed E-state index contributed by atoms with van der Waals surface area (Å²) in [6.07, 6.45) is -0.975. The number of pyridine rings is 1. The van der Waals surface area contributed by atoms with Crippen molar-refractivity contribution in [3.05, 3.63) is 83.9 Å². The van der Waals surface area contributed by atoms with E-state index in [4.69, 9.17) is 0 Å². The molecule has 0 aliphatic heterocycles. The Bertz CT molecular complexity index is 1550. The summed E-state index contributed by atoms with van der Waals surface area (Å²) in [5.74, 6) is 0.291. The van der Waals surface area contributed by atoms with E-state index in [1.807, 2.05) is 25.1 Å².